The number of methoxy groups -OCH3 is 1. The molecule has 16 heavy (non-hydrogen) atoms. The van der Waals surface area contributed by atoms with E-state index < -0.39 is 6.17 Å². The second-order valence-electron chi connectivity index (χ2n) is 3.10. The van der Waals surface area contributed by atoms with Gasteiger partial charge in [0.2, 0.25) is 0 Å². The molecule has 0 bridgehead atoms. The lowest BCUT2D eigenvalue weighted by Crippen LogP contribution is -2.11. The number of halogens is 2. The molecule has 0 heterocycles. The van der Waals surface area contributed by atoms with Crippen molar-refractivity contribution in [2.75, 3.05) is 33.0 Å². The van der Waals surface area contributed by atoms with Gasteiger partial charge < -0.3 is 14.2 Å². The van der Waals surface area contributed by atoms with Crippen LogP contribution in [0, 0.1) is 11.8 Å². The monoisotopic (exact) mass is 252 g/mol. The van der Waals surface area contributed by atoms with Crippen LogP contribution in [0.5, 0.6) is 0 Å². The van der Waals surface area contributed by atoms with Crippen LogP contribution in [0.2, 0.25) is 0 Å². The molecule has 0 fully saturated rings. The Balaban J connectivity index is 3.46. The lowest BCUT2D eigenvalue weighted by atomic mass is 10.3. The largest absolute Gasteiger partial charge is 0.382 e. The summed E-state index contributed by atoms with van der Waals surface area (Å²) < 4.78 is 27.7. The van der Waals surface area contributed by atoms with Crippen molar-refractivity contribution in [3.63, 3.8) is 0 Å². The van der Waals surface area contributed by atoms with Gasteiger partial charge in [-0.1, -0.05) is 11.8 Å². The summed E-state index contributed by atoms with van der Waals surface area (Å²) in [5, 5.41) is 0. The molecule has 5 heteroatoms. The average Bonchev–Trinajstić information content (AvgIpc) is 2.28. The van der Waals surface area contributed by atoms with Gasteiger partial charge in [0.15, 0.2) is 0 Å². The van der Waals surface area contributed by atoms with Crippen LogP contribution < -0.4 is 0 Å². The Morgan fingerprint density at radius 3 is 2.75 bits per heavy atom. The maximum absolute atomic E-state index is 12.7. The topological polar surface area (TPSA) is 27.7 Å². The van der Waals surface area contributed by atoms with Gasteiger partial charge in [0, 0.05) is 13.5 Å². The van der Waals surface area contributed by atoms with Gasteiger partial charge in [0.1, 0.15) is 19.1 Å². The lowest BCUT2D eigenvalue weighted by Gasteiger charge is -2.07. The van der Waals surface area contributed by atoms with Crippen LogP contribution in [0.3, 0.4) is 0 Å². The van der Waals surface area contributed by atoms with Crippen LogP contribution >= 0.6 is 11.6 Å². The van der Waals surface area contributed by atoms with Crippen LogP contribution in [0.15, 0.2) is 0 Å². The number of hydrogen-bond donors (Lipinski definition) is 0. The molecule has 0 rings (SSSR count). The van der Waals surface area contributed by atoms with Gasteiger partial charge in [0.25, 0.3) is 0 Å². The summed E-state index contributed by atoms with van der Waals surface area (Å²) in [6.07, 6.45) is -1.20. The van der Waals surface area contributed by atoms with Crippen LogP contribution in [-0.2, 0) is 14.2 Å². The van der Waals surface area contributed by atoms with E-state index in [1.807, 2.05) is 0 Å². The molecule has 0 aromatic rings. The van der Waals surface area contributed by atoms with Crippen molar-refractivity contribution in [3.05, 3.63) is 0 Å². The van der Waals surface area contributed by atoms with Crippen molar-refractivity contribution < 1.29 is 18.6 Å². The van der Waals surface area contributed by atoms with Crippen molar-refractivity contribution in [1.82, 2.24) is 0 Å². The molecule has 0 saturated heterocycles. The second-order valence-corrected chi connectivity index (χ2v) is 3.41. The molecule has 0 spiro atoms. The normalized spacial score (nSPS) is 14.0. The van der Waals surface area contributed by atoms with Gasteiger partial charge in [-0.05, 0) is 6.92 Å². The molecule has 0 aliphatic rings. The Labute approximate surface area is 101 Å². The Bertz CT molecular complexity index is 215. The first-order valence-electron chi connectivity index (χ1n) is 5.07. The molecular weight excluding hydrogens is 235 g/mol. The van der Waals surface area contributed by atoms with Gasteiger partial charge in [-0.2, -0.15) is 0 Å². The Hall–Kier alpha value is -0.340. The van der Waals surface area contributed by atoms with Gasteiger partial charge in [-0.3, -0.25) is 0 Å². The molecule has 94 valence electrons. The molecule has 3 nitrogen and oxygen atoms in total. The van der Waals surface area contributed by atoms with Gasteiger partial charge in [-0.15, -0.1) is 11.6 Å². The first kappa shape index (κ1) is 15.7. The average molecular weight is 253 g/mol. The van der Waals surface area contributed by atoms with Gasteiger partial charge in [-0.25, -0.2) is 4.39 Å². The SMILES string of the molecule is COCCOCOC(C)C#CC[C@@H](F)CCl. The molecular formula is C11H18ClFO3. The van der Waals surface area contributed by atoms with E-state index in [9.17, 15) is 4.39 Å². The zero-order valence-corrected chi connectivity index (χ0v) is 10.4. The lowest BCUT2D eigenvalue weighted by molar-refractivity contribution is -0.0780. The van der Waals surface area contributed by atoms with Crippen LogP contribution in [0.25, 0.3) is 0 Å². The predicted octanol–water partition coefficient (Wildman–Crippen LogP) is 1.98. The molecule has 2 atom stereocenters. The highest BCUT2D eigenvalue weighted by molar-refractivity contribution is 6.18. The first-order valence-corrected chi connectivity index (χ1v) is 5.60. The predicted molar refractivity (Wildman–Crippen MR) is 61.3 cm³/mol. The maximum Gasteiger partial charge on any atom is 0.148 e. The van der Waals surface area contributed by atoms with Crippen molar-refractivity contribution in [2.24, 2.45) is 0 Å². The fourth-order valence-corrected chi connectivity index (χ4v) is 0.870. The van der Waals surface area contributed by atoms with Crippen LogP contribution in [0.1, 0.15) is 13.3 Å². The first-order chi connectivity index (χ1) is 7.70. The highest BCUT2D eigenvalue weighted by Crippen LogP contribution is 1.99. The summed E-state index contributed by atoms with van der Waals surface area (Å²) >= 11 is 5.29. The third kappa shape index (κ3) is 10.2. The quantitative estimate of drug-likeness (QED) is 0.286. The van der Waals surface area contributed by atoms with Crippen LogP contribution in [0.4, 0.5) is 4.39 Å². The van der Waals surface area contributed by atoms with Crippen LogP contribution in [-0.4, -0.2) is 45.3 Å². The van der Waals surface area contributed by atoms with E-state index in [4.69, 9.17) is 25.8 Å². The number of ether oxygens (including phenoxy) is 3. The standard InChI is InChI=1S/C11H18ClFO3/c1-10(4-3-5-11(13)8-12)16-9-15-7-6-14-2/h10-11H,5-9H2,1-2H3/t10?,11-/m1/s1. The molecule has 0 aromatic heterocycles. The van der Waals surface area contributed by atoms with E-state index in [2.05, 4.69) is 11.8 Å². The number of alkyl halides is 2. The second kappa shape index (κ2) is 11.2. The smallest absolute Gasteiger partial charge is 0.148 e. The van der Waals surface area contributed by atoms with Gasteiger partial charge in [0.05, 0.1) is 19.1 Å². The van der Waals surface area contributed by atoms with Gasteiger partial charge >= 0.3 is 0 Å². The zero-order valence-electron chi connectivity index (χ0n) is 9.67. The highest BCUT2D eigenvalue weighted by Gasteiger charge is 2.01. The van der Waals surface area contributed by atoms with Crippen molar-refractivity contribution in [1.29, 1.82) is 0 Å². The summed E-state index contributed by atoms with van der Waals surface area (Å²) in [5.41, 5.74) is 0. The number of rotatable bonds is 8. The molecule has 1 unspecified atom stereocenters. The summed E-state index contributed by atoms with van der Waals surface area (Å²) in [6.45, 7) is 2.95. The van der Waals surface area contributed by atoms with Crippen molar-refractivity contribution >= 4 is 11.6 Å². The Morgan fingerprint density at radius 1 is 1.38 bits per heavy atom. The minimum absolute atomic E-state index is 0.0238. The summed E-state index contributed by atoms with van der Waals surface area (Å²) in [7, 11) is 1.60. The summed E-state index contributed by atoms with van der Waals surface area (Å²) in [4.78, 5) is 0. The van der Waals surface area contributed by atoms with Crippen molar-refractivity contribution in [3.8, 4) is 11.8 Å². The minimum Gasteiger partial charge on any atom is -0.382 e. The van der Waals surface area contributed by atoms with E-state index in [0.717, 1.165) is 0 Å². The fourth-order valence-electron chi connectivity index (χ4n) is 0.761. The van der Waals surface area contributed by atoms with E-state index in [0.29, 0.717) is 13.2 Å². The fraction of sp³-hybridized carbons (Fsp3) is 0.818. The van der Waals surface area contributed by atoms with E-state index in [1.165, 1.54) is 0 Å². The molecule has 0 amide bonds. The maximum atomic E-state index is 12.7. The Kier molecular flexibility index (Phi) is 10.9. The number of hydrogen-bond acceptors (Lipinski definition) is 3. The molecule has 0 aliphatic heterocycles. The molecule has 0 aliphatic carbocycles. The zero-order chi connectivity index (χ0) is 12.2. The summed E-state index contributed by atoms with van der Waals surface area (Å²) in [6, 6.07) is 0. The van der Waals surface area contributed by atoms with Crippen molar-refractivity contribution in [2.45, 2.75) is 25.6 Å². The highest BCUT2D eigenvalue weighted by atomic mass is 35.5. The van der Waals surface area contributed by atoms with E-state index >= 15 is 0 Å². The summed E-state index contributed by atoms with van der Waals surface area (Å²) in [5.74, 6) is 5.41. The molecule has 0 aromatic carbocycles. The third-order valence-corrected chi connectivity index (χ3v) is 1.96. The Morgan fingerprint density at radius 2 is 2.12 bits per heavy atom. The molecule has 0 radical (unpaired) electrons. The molecule has 0 N–H and O–H groups in total. The minimum atomic E-state index is -1.07. The van der Waals surface area contributed by atoms with E-state index in [1.54, 1.807) is 14.0 Å². The van der Waals surface area contributed by atoms with E-state index in [-0.39, 0.29) is 25.2 Å². The molecule has 0 saturated carbocycles. The third-order valence-electron chi connectivity index (χ3n) is 1.63.